The highest BCUT2D eigenvalue weighted by Crippen LogP contribution is 2.12. The molecule has 3 nitrogen and oxygen atoms in total. The third-order valence-corrected chi connectivity index (χ3v) is 1.98. The van der Waals surface area contributed by atoms with Crippen molar-refractivity contribution in [2.75, 3.05) is 20.3 Å². The Morgan fingerprint density at radius 3 is 2.54 bits per heavy atom. The van der Waals surface area contributed by atoms with Crippen molar-refractivity contribution >= 4 is 0 Å². The van der Waals surface area contributed by atoms with Crippen molar-refractivity contribution in [1.29, 1.82) is 5.26 Å². The number of methoxy groups -OCH3 is 1. The molecule has 0 rings (SSSR count). The van der Waals surface area contributed by atoms with Crippen LogP contribution in [0.25, 0.3) is 0 Å². The lowest BCUT2D eigenvalue weighted by molar-refractivity contribution is -0.00989. The van der Waals surface area contributed by atoms with Crippen LogP contribution < -0.4 is 0 Å². The molecule has 0 aliphatic heterocycles. The second-order valence-electron chi connectivity index (χ2n) is 3.59. The molecule has 0 amide bonds. The largest absolute Gasteiger partial charge is 0.381 e. The van der Waals surface area contributed by atoms with Crippen LogP contribution in [-0.2, 0) is 9.47 Å². The van der Waals surface area contributed by atoms with E-state index in [1.807, 2.05) is 13.8 Å². The van der Waals surface area contributed by atoms with E-state index in [2.05, 4.69) is 6.07 Å². The predicted molar refractivity (Wildman–Crippen MR) is 51.4 cm³/mol. The molecule has 0 aliphatic rings. The maximum Gasteiger partial charge on any atom is 0.0644 e. The smallest absolute Gasteiger partial charge is 0.0644 e. The maximum atomic E-state index is 8.26. The zero-order valence-electron chi connectivity index (χ0n) is 8.80. The van der Waals surface area contributed by atoms with E-state index in [0.717, 1.165) is 12.8 Å². The van der Waals surface area contributed by atoms with E-state index in [4.69, 9.17) is 14.7 Å². The first-order valence-corrected chi connectivity index (χ1v) is 4.62. The maximum absolute atomic E-state index is 8.26. The Balaban J connectivity index is 3.22. The fourth-order valence-corrected chi connectivity index (χ4v) is 0.775. The molecular formula is C10H19NO2. The highest BCUT2D eigenvalue weighted by atomic mass is 16.5. The summed E-state index contributed by atoms with van der Waals surface area (Å²) < 4.78 is 10.6. The van der Waals surface area contributed by atoms with Crippen LogP contribution in [0.2, 0.25) is 0 Å². The lowest BCUT2D eigenvalue weighted by atomic mass is 10.1. The molecule has 0 radical (unpaired) electrons. The minimum atomic E-state index is -0.102. The van der Waals surface area contributed by atoms with E-state index in [1.165, 1.54) is 0 Å². The molecule has 0 N–H and O–H groups in total. The molecule has 0 unspecified atom stereocenters. The van der Waals surface area contributed by atoms with Crippen LogP contribution in [0.1, 0.15) is 33.1 Å². The summed E-state index contributed by atoms with van der Waals surface area (Å²) in [6.45, 7) is 5.44. The van der Waals surface area contributed by atoms with Gasteiger partial charge < -0.3 is 9.47 Å². The van der Waals surface area contributed by atoms with Gasteiger partial charge in [0.25, 0.3) is 0 Å². The third kappa shape index (κ3) is 7.76. The van der Waals surface area contributed by atoms with Crippen molar-refractivity contribution in [2.24, 2.45) is 0 Å². The van der Waals surface area contributed by atoms with Gasteiger partial charge in [-0.3, -0.25) is 0 Å². The van der Waals surface area contributed by atoms with Gasteiger partial charge in [-0.2, -0.15) is 5.26 Å². The van der Waals surface area contributed by atoms with E-state index in [9.17, 15) is 0 Å². The molecule has 0 saturated carbocycles. The predicted octanol–water partition coefficient (Wildman–Crippen LogP) is 2.12. The average Bonchev–Trinajstić information content (AvgIpc) is 2.11. The van der Waals surface area contributed by atoms with Gasteiger partial charge in [0, 0.05) is 26.7 Å². The standard InChI is InChI=1S/C10H19NO2/c1-10(2,12-3)6-9-13-8-5-4-7-11/h4-6,8-9H2,1-3H3. The SMILES string of the molecule is COC(C)(C)CCOCCCC#N. The van der Waals surface area contributed by atoms with Gasteiger partial charge in [-0.05, 0) is 26.7 Å². The number of nitriles is 1. The number of unbranched alkanes of at least 4 members (excludes halogenated alkanes) is 1. The van der Waals surface area contributed by atoms with Crippen LogP contribution >= 0.6 is 0 Å². The van der Waals surface area contributed by atoms with Gasteiger partial charge in [0.2, 0.25) is 0 Å². The Kier molecular flexibility index (Phi) is 6.56. The van der Waals surface area contributed by atoms with Gasteiger partial charge in [0.1, 0.15) is 0 Å². The van der Waals surface area contributed by atoms with Crippen LogP contribution in [0.5, 0.6) is 0 Å². The van der Waals surface area contributed by atoms with Gasteiger partial charge in [0.15, 0.2) is 0 Å². The van der Waals surface area contributed by atoms with E-state index in [1.54, 1.807) is 7.11 Å². The summed E-state index contributed by atoms with van der Waals surface area (Å²) >= 11 is 0. The minimum Gasteiger partial charge on any atom is -0.381 e. The van der Waals surface area contributed by atoms with E-state index < -0.39 is 0 Å². The first-order chi connectivity index (χ1) is 6.12. The Bertz CT molecular complexity index is 161. The molecule has 0 spiro atoms. The highest BCUT2D eigenvalue weighted by molar-refractivity contribution is 4.68. The van der Waals surface area contributed by atoms with Crippen LogP contribution in [0.4, 0.5) is 0 Å². The zero-order chi connectivity index (χ0) is 10.2. The summed E-state index contributed by atoms with van der Waals surface area (Å²) in [6.07, 6.45) is 2.29. The van der Waals surface area contributed by atoms with Gasteiger partial charge in [-0.25, -0.2) is 0 Å². The zero-order valence-corrected chi connectivity index (χ0v) is 8.80. The summed E-state index contributed by atoms with van der Waals surface area (Å²) in [5.41, 5.74) is -0.102. The van der Waals surface area contributed by atoms with Crippen molar-refractivity contribution in [3.63, 3.8) is 0 Å². The molecule has 0 aromatic heterocycles. The lowest BCUT2D eigenvalue weighted by Gasteiger charge is -2.22. The van der Waals surface area contributed by atoms with Crippen molar-refractivity contribution in [2.45, 2.75) is 38.7 Å². The Hall–Kier alpha value is -0.590. The van der Waals surface area contributed by atoms with E-state index >= 15 is 0 Å². The Labute approximate surface area is 80.6 Å². The van der Waals surface area contributed by atoms with E-state index in [0.29, 0.717) is 19.6 Å². The number of hydrogen-bond acceptors (Lipinski definition) is 3. The molecule has 0 bridgehead atoms. The number of nitrogens with zero attached hydrogens (tertiary/aromatic N) is 1. The first kappa shape index (κ1) is 12.4. The van der Waals surface area contributed by atoms with Crippen LogP contribution in [0, 0.1) is 11.3 Å². The molecule has 0 heterocycles. The molecule has 0 aliphatic carbocycles. The second kappa shape index (κ2) is 6.88. The van der Waals surface area contributed by atoms with Crippen molar-refractivity contribution in [1.82, 2.24) is 0 Å². The molecule has 3 heteroatoms. The average molecular weight is 185 g/mol. The molecule has 0 saturated heterocycles. The summed E-state index contributed by atoms with van der Waals surface area (Å²) in [7, 11) is 1.70. The van der Waals surface area contributed by atoms with Crippen LogP contribution in [0.15, 0.2) is 0 Å². The molecular weight excluding hydrogens is 166 g/mol. The molecule has 0 aromatic carbocycles. The normalized spacial score (nSPS) is 11.2. The Morgan fingerprint density at radius 1 is 1.31 bits per heavy atom. The number of ether oxygens (including phenoxy) is 2. The van der Waals surface area contributed by atoms with Crippen molar-refractivity contribution in [3.8, 4) is 6.07 Å². The van der Waals surface area contributed by atoms with Gasteiger partial charge >= 0.3 is 0 Å². The first-order valence-electron chi connectivity index (χ1n) is 4.62. The third-order valence-electron chi connectivity index (χ3n) is 1.98. The highest BCUT2D eigenvalue weighted by Gasteiger charge is 2.15. The number of rotatable bonds is 7. The van der Waals surface area contributed by atoms with Gasteiger partial charge in [-0.1, -0.05) is 0 Å². The fraction of sp³-hybridized carbons (Fsp3) is 0.900. The Morgan fingerprint density at radius 2 is 2.00 bits per heavy atom. The van der Waals surface area contributed by atoms with Crippen LogP contribution in [-0.4, -0.2) is 25.9 Å². The fourth-order valence-electron chi connectivity index (χ4n) is 0.775. The van der Waals surface area contributed by atoms with Gasteiger partial charge in [0.05, 0.1) is 11.7 Å². The van der Waals surface area contributed by atoms with E-state index in [-0.39, 0.29) is 5.60 Å². The summed E-state index contributed by atoms with van der Waals surface area (Å²) in [5.74, 6) is 0. The van der Waals surface area contributed by atoms with Crippen molar-refractivity contribution in [3.05, 3.63) is 0 Å². The molecule has 0 fully saturated rings. The van der Waals surface area contributed by atoms with Gasteiger partial charge in [-0.15, -0.1) is 0 Å². The summed E-state index contributed by atoms with van der Waals surface area (Å²) in [4.78, 5) is 0. The minimum absolute atomic E-state index is 0.102. The lowest BCUT2D eigenvalue weighted by Crippen LogP contribution is -2.24. The topological polar surface area (TPSA) is 42.2 Å². The van der Waals surface area contributed by atoms with Crippen molar-refractivity contribution < 1.29 is 9.47 Å². The summed E-state index contributed by atoms with van der Waals surface area (Å²) in [5, 5.41) is 8.26. The quantitative estimate of drug-likeness (QED) is 0.570. The summed E-state index contributed by atoms with van der Waals surface area (Å²) in [6, 6.07) is 2.08. The number of hydrogen-bond donors (Lipinski definition) is 0. The molecule has 76 valence electrons. The molecule has 0 atom stereocenters. The second-order valence-corrected chi connectivity index (χ2v) is 3.59. The monoisotopic (exact) mass is 185 g/mol. The van der Waals surface area contributed by atoms with Crippen LogP contribution in [0.3, 0.4) is 0 Å². The molecule has 0 aromatic rings. The molecule has 13 heavy (non-hydrogen) atoms.